The van der Waals surface area contributed by atoms with Crippen LogP contribution in [0.15, 0.2) is 60.7 Å². The van der Waals surface area contributed by atoms with Crippen molar-refractivity contribution in [2.45, 2.75) is 39.0 Å². The SMILES string of the molecule is CC(C)N(Cc1ccc(-c2ccc(CNC(CO)CO)cc2)s1)c1ccc(F)cc1. The van der Waals surface area contributed by atoms with E-state index in [-0.39, 0.29) is 25.1 Å². The van der Waals surface area contributed by atoms with Crippen LogP contribution in [0.25, 0.3) is 10.4 Å². The maximum atomic E-state index is 13.3. The molecule has 0 amide bonds. The van der Waals surface area contributed by atoms with Gasteiger partial charge in [-0.25, -0.2) is 4.39 Å². The number of hydrogen-bond donors (Lipinski definition) is 3. The molecule has 0 atom stereocenters. The molecule has 0 saturated carbocycles. The van der Waals surface area contributed by atoms with E-state index in [0.29, 0.717) is 12.6 Å². The number of aliphatic hydroxyl groups is 2. The Labute approximate surface area is 181 Å². The molecule has 4 nitrogen and oxygen atoms in total. The molecule has 3 N–H and O–H groups in total. The minimum atomic E-state index is -0.297. The quantitative estimate of drug-likeness (QED) is 0.448. The van der Waals surface area contributed by atoms with Crippen molar-refractivity contribution in [2.75, 3.05) is 18.1 Å². The third-order valence-electron chi connectivity index (χ3n) is 5.04. The summed E-state index contributed by atoms with van der Waals surface area (Å²) in [5.41, 5.74) is 3.28. The van der Waals surface area contributed by atoms with Gasteiger partial charge in [0.05, 0.1) is 25.8 Å². The van der Waals surface area contributed by atoms with E-state index in [4.69, 9.17) is 10.2 Å². The maximum Gasteiger partial charge on any atom is 0.123 e. The Morgan fingerprint density at radius 3 is 2.20 bits per heavy atom. The first kappa shape index (κ1) is 22.4. The molecule has 0 aliphatic carbocycles. The number of benzene rings is 2. The fourth-order valence-electron chi connectivity index (χ4n) is 3.23. The topological polar surface area (TPSA) is 55.7 Å². The van der Waals surface area contributed by atoms with Gasteiger partial charge in [0, 0.05) is 28.0 Å². The molecule has 2 aromatic carbocycles. The summed E-state index contributed by atoms with van der Waals surface area (Å²) in [6.45, 7) is 5.49. The number of thiophene rings is 1. The van der Waals surface area contributed by atoms with Crippen LogP contribution in [-0.2, 0) is 13.1 Å². The van der Waals surface area contributed by atoms with Crippen molar-refractivity contribution in [3.05, 3.63) is 76.9 Å². The van der Waals surface area contributed by atoms with Crippen molar-refractivity contribution < 1.29 is 14.6 Å². The molecule has 30 heavy (non-hydrogen) atoms. The summed E-state index contributed by atoms with van der Waals surface area (Å²) in [6.07, 6.45) is 0. The number of rotatable bonds is 10. The molecule has 0 radical (unpaired) electrons. The van der Waals surface area contributed by atoms with Gasteiger partial charge in [-0.3, -0.25) is 0 Å². The molecule has 0 saturated heterocycles. The van der Waals surface area contributed by atoms with Crippen LogP contribution in [0.4, 0.5) is 10.1 Å². The highest BCUT2D eigenvalue weighted by Crippen LogP contribution is 2.30. The number of nitrogens with zero attached hydrogens (tertiary/aromatic N) is 1. The largest absolute Gasteiger partial charge is 0.395 e. The van der Waals surface area contributed by atoms with Crippen LogP contribution in [0.3, 0.4) is 0 Å². The van der Waals surface area contributed by atoms with E-state index in [1.807, 2.05) is 12.1 Å². The van der Waals surface area contributed by atoms with E-state index in [0.717, 1.165) is 23.4 Å². The molecule has 0 aliphatic heterocycles. The van der Waals surface area contributed by atoms with Crippen molar-refractivity contribution >= 4 is 17.0 Å². The third kappa shape index (κ3) is 5.89. The van der Waals surface area contributed by atoms with Crippen LogP contribution in [0.5, 0.6) is 0 Å². The van der Waals surface area contributed by atoms with Gasteiger partial charge in [0.1, 0.15) is 5.82 Å². The molecule has 1 aromatic heterocycles. The second kappa shape index (κ2) is 10.7. The Kier molecular flexibility index (Phi) is 7.99. The van der Waals surface area contributed by atoms with Gasteiger partial charge in [-0.2, -0.15) is 0 Å². The number of hydrogen-bond acceptors (Lipinski definition) is 5. The summed E-state index contributed by atoms with van der Waals surface area (Å²) in [6, 6.07) is 19.3. The van der Waals surface area contributed by atoms with Gasteiger partial charge in [0.25, 0.3) is 0 Å². The van der Waals surface area contributed by atoms with Gasteiger partial charge in [-0.1, -0.05) is 24.3 Å². The van der Waals surface area contributed by atoms with Gasteiger partial charge in [0.15, 0.2) is 0 Å². The molecule has 0 bridgehead atoms. The van der Waals surface area contributed by atoms with Gasteiger partial charge in [-0.15, -0.1) is 11.3 Å². The summed E-state index contributed by atoms with van der Waals surface area (Å²) >= 11 is 1.76. The molecule has 1 heterocycles. The Morgan fingerprint density at radius 1 is 0.933 bits per heavy atom. The summed E-state index contributed by atoms with van der Waals surface area (Å²) < 4.78 is 13.3. The van der Waals surface area contributed by atoms with Crippen molar-refractivity contribution in [3.8, 4) is 10.4 Å². The van der Waals surface area contributed by atoms with Crippen LogP contribution >= 0.6 is 11.3 Å². The van der Waals surface area contributed by atoms with E-state index >= 15 is 0 Å². The maximum absolute atomic E-state index is 13.3. The average molecular weight is 429 g/mol. The van der Waals surface area contributed by atoms with Gasteiger partial charge in [-0.05, 0) is 61.4 Å². The predicted molar refractivity (Wildman–Crippen MR) is 122 cm³/mol. The predicted octanol–water partition coefficient (Wildman–Crippen LogP) is 4.41. The van der Waals surface area contributed by atoms with E-state index in [9.17, 15) is 4.39 Å². The highest BCUT2D eigenvalue weighted by Gasteiger charge is 2.13. The lowest BCUT2D eigenvalue weighted by Crippen LogP contribution is -2.35. The van der Waals surface area contributed by atoms with Gasteiger partial charge in [0.2, 0.25) is 0 Å². The smallest absolute Gasteiger partial charge is 0.123 e. The molecule has 0 unspecified atom stereocenters. The lowest BCUT2D eigenvalue weighted by molar-refractivity contribution is 0.170. The monoisotopic (exact) mass is 428 g/mol. The molecule has 6 heteroatoms. The molecular weight excluding hydrogens is 399 g/mol. The molecule has 160 valence electrons. The first-order valence-corrected chi connectivity index (χ1v) is 11.0. The zero-order valence-corrected chi connectivity index (χ0v) is 18.2. The fraction of sp³-hybridized carbons (Fsp3) is 0.333. The fourth-order valence-corrected chi connectivity index (χ4v) is 4.24. The number of aliphatic hydroxyl groups excluding tert-OH is 2. The highest BCUT2D eigenvalue weighted by atomic mass is 32.1. The second-order valence-corrected chi connectivity index (χ2v) is 8.77. The molecule has 3 aromatic rings. The first-order valence-electron chi connectivity index (χ1n) is 10.2. The normalized spacial score (nSPS) is 11.4. The van der Waals surface area contributed by atoms with Gasteiger partial charge >= 0.3 is 0 Å². The highest BCUT2D eigenvalue weighted by molar-refractivity contribution is 7.15. The summed E-state index contributed by atoms with van der Waals surface area (Å²) in [7, 11) is 0. The van der Waals surface area contributed by atoms with Crippen molar-refractivity contribution in [2.24, 2.45) is 0 Å². The second-order valence-electron chi connectivity index (χ2n) is 7.60. The van der Waals surface area contributed by atoms with Crippen LogP contribution in [0.2, 0.25) is 0 Å². The Morgan fingerprint density at radius 2 is 1.60 bits per heavy atom. The number of nitrogens with one attached hydrogen (secondary N) is 1. The zero-order valence-electron chi connectivity index (χ0n) is 17.4. The summed E-state index contributed by atoms with van der Waals surface area (Å²) in [4.78, 5) is 4.72. The number of anilines is 1. The summed E-state index contributed by atoms with van der Waals surface area (Å²) in [5, 5.41) is 21.4. The van der Waals surface area contributed by atoms with E-state index < -0.39 is 0 Å². The van der Waals surface area contributed by atoms with Crippen LogP contribution in [-0.4, -0.2) is 35.5 Å². The molecule has 3 rings (SSSR count). The van der Waals surface area contributed by atoms with E-state index in [1.165, 1.54) is 21.9 Å². The van der Waals surface area contributed by atoms with Crippen LogP contribution in [0, 0.1) is 5.82 Å². The average Bonchev–Trinajstić information content (AvgIpc) is 3.22. The Hall–Kier alpha value is -2.25. The first-order chi connectivity index (χ1) is 14.5. The molecule has 0 aliphatic rings. The molecular formula is C24H29FN2O2S. The Balaban J connectivity index is 1.67. The number of halogens is 1. The van der Waals surface area contributed by atoms with Crippen LogP contribution < -0.4 is 10.2 Å². The molecule has 0 fully saturated rings. The molecule has 0 spiro atoms. The van der Waals surface area contributed by atoms with Crippen LogP contribution in [0.1, 0.15) is 24.3 Å². The lowest BCUT2D eigenvalue weighted by atomic mass is 10.1. The van der Waals surface area contributed by atoms with Gasteiger partial charge < -0.3 is 20.4 Å². The van der Waals surface area contributed by atoms with E-state index in [2.05, 4.69) is 60.5 Å². The van der Waals surface area contributed by atoms with E-state index in [1.54, 1.807) is 11.3 Å². The van der Waals surface area contributed by atoms with Crippen molar-refractivity contribution in [1.82, 2.24) is 5.32 Å². The Bertz CT molecular complexity index is 906. The standard InChI is InChI=1S/C24H29FN2O2S/c1-17(2)27(22-9-7-20(25)8-10-22)14-23-11-12-24(30-23)19-5-3-18(4-6-19)13-26-21(15-28)16-29/h3-12,17,21,26,28-29H,13-16H2,1-2H3. The van der Waals surface area contributed by atoms with Crippen molar-refractivity contribution in [1.29, 1.82) is 0 Å². The minimum absolute atomic E-state index is 0.0854. The third-order valence-corrected chi connectivity index (χ3v) is 6.16. The lowest BCUT2D eigenvalue weighted by Gasteiger charge is -2.28. The zero-order chi connectivity index (χ0) is 21.5. The van der Waals surface area contributed by atoms with Crippen molar-refractivity contribution in [3.63, 3.8) is 0 Å². The minimum Gasteiger partial charge on any atom is -0.395 e. The summed E-state index contributed by atoms with van der Waals surface area (Å²) in [5.74, 6) is -0.220.